The number of halogens is 2. The van der Waals surface area contributed by atoms with Crippen molar-refractivity contribution in [3.63, 3.8) is 0 Å². The molecule has 9 heteroatoms. The van der Waals surface area contributed by atoms with E-state index in [-0.39, 0.29) is 25.0 Å². The number of carbonyl (C=O) groups is 3. The number of likely N-dealkylation sites (tertiary alicyclic amines) is 1. The van der Waals surface area contributed by atoms with E-state index in [9.17, 15) is 18.8 Å². The van der Waals surface area contributed by atoms with Crippen molar-refractivity contribution in [3.05, 3.63) is 63.9 Å². The number of ether oxygens (including phenoxy) is 1. The molecule has 2 aliphatic heterocycles. The molecule has 1 fully saturated rings. The zero-order valence-electron chi connectivity index (χ0n) is 19.9. The number of hydrogen-bond acceptors (Lipinski definition) is 5. The van der Waals surface area contributed by atoms with Crippen LogP contribution in [0.2, 0.25) is 5.02 Å². The number of rotatable bonds is 7. The highest BCUT2D eigenvalue weighted by molar-refractivity contribution is 6.39. The Labute approximate surface area is 209 Å². The number of benzene rings is 2. The van der Waals surface area contributed by atoms with E-state index in [0.29, 0.717) is 40.8 Å². The average molecular weight is 502 g/mol. The number of amides is 2. The molecule has 0 aromatic heterocycles. The van der Waals surface area contributed by atoms with Crippen molar-refractivity contribution in [2.24, 2.45) is 5.92 Å². The molecule has 1 unspecified atom stereocenters. The maximum Gasteiger partial charge on any atom is 0.287 e. The minimum absolute atomic E-state index is 0.186. The van der Waals surface area contributed by atoms with Gasteiger partial charge in [0.2, 0.25) is 5.78 Å². The lowest BCUT2D eigenvalue weighted by molar-refractivity contribution is -0.138. The number of hydrogen-bond donors (Lipinski definition) is 1. The van der Waals surface area contributed by atoms with Gasteiger partial charge < -0.3 is 19.9 Å². The second-order valence-electron chi connectivity index (χ2n) is 9.09. The molecule has 4 rings (SSSR count). The van der Waals surface area contributed by atoms with E-state index in [1.807, 2.05) is 4.90 Å². The Balaban J connectivity index is 1.50. The SMILES string of the molecule is CNC(=O)C(=O)C1CN(COC)c2cc(Cl)c(C(=O)N3CCC(Cc4ccc(F)cc4)CC3)cc21. The first-order chi connectivity index (χ1) is 16.8. The number of methoxy groups -OCH3 is 1. The van der Waals surface area contributed by atoms with Crippen LogP contribution in [0.25, 0.3) is 0 Å². The Morgan fingerprint density at radius 3 is 2.46 bits per heavy atom. The molecule has 0 bridgehead atoms. The van der Waals surface area contributed by atoms with Gasteiger partial charge in [-0.05, 0) is 60.6 Å². The second kappa shape index (κ2) is 10.7. The van der Waals surface area contributed by atoms with Gasteiger partial charge in [-0.25, -0.2) is 4.39 Å². The third-order valence-corrected chi connectivity index (χ3v) is 7.17. The molecular formula is C26H29ClFN3O4. The zero-order valence-corrected chi connectivity index (χ0v) is 20.6. The first kappa shape index (κ1) is 25.1. The van der Waals surface area contributed by atoms with Crippen LogP contribution in [0.5, 0.6) is 0 Å². The maximum atomic E-state index is 13.4. The first-order valence-electron chi connectivity index (χ1n) is 11.7. The molecule has 186 valence electrons. The molecule has 1 saturated heterocycles. The lowest BCUT2D eigenvalue weighted by Crippen LogP contribution is -2.39. The highest BCUT2D eigenvalue weighted by atomic mass is 35.5. The number of ketones is 1. The van der Waals surface area contributed by atoms with Crippen LogP contribution in [0.1, 0.15) is 40.2 Å². The first-order valence-corrected chi connectivity index (χ1v) is 12.1. The van der Waals surface area contributed by atoms with Crippen LogP contribution in [0, 0.1) is 11.7 Å². The van der Waals surface area contributed by atoms with Crippen LogP contribution in [0.15, 0.2) is 36.4 Å². The molecule has 2 aliphatic rings. The number of nitrogens with zero attached hydrogens (tertiary/aromatic N) is 2. The largest absolute Gasteiger partial charge is 0.364 e. The van der Waals surface area contributed by atoms with Gasteiger partial charge in [-0.3, -0.25) is 14.4 Å². The van der Waals surface area contributed by atoms with Crippen LogP contribution >= 0.6 is 11.6 Å². The fourth-order valence-corrected chi connectivity index (χ4v) is 5.20. The fraction of sp³-hybridized carbons (Fsp3) is 0.423. The number of nitrogens with one attached hydrogen (secondary N) is 1. The Bertz CT molecular complexity index is 1120. The van der Waals surface area contributed by atoms with E-state index in [0.717, 1.165) is 24.8 Å². The molecule has 0 radical (unpaired) electrons. The maximum absolute atomic E-state index is 13.4. The van der Waals surface area contributed by atoms with E-state index in [1.54, 1.807) is 36.3 Å². The fourth-order valence-electron chi connectivity index (χ4n) is 4.96. The topological polar surface area (TPSA) is 79.0 Å². The quantitative estimate of drug-likeness (QED) is 0.588. The Morgan fingerprint density at radius 1 is 1.14 bits per heavy atom. The van der Waals surface area contributed by atoms with Gasteiger partial charge in [-0.2, -0.15) is 0 Å². The van der Waals surface area contributed by atoms with Crippen molar-refractivity contribution in [3.8, 4) is 0 Å². The van der Waals surface area contributed by atoms with Gasteiger partial charge in [0, 0.05) is 39.5 Å². The number of Topliss-reactive ketones (excluding diaryl/α,β-unsaturated/α-hetero) is 1. The van der Waals surface area contributed by atoms with Crippen molar-refractivity contribution in [1.29, 1.82) is 0 Å². The number of anilines is 1. The van der Waals surface area contributed by atoms with Crippen LogP contribution in [0.3, 0.4) is 0 Å². The summed E-state index contributed by atoms with van der Waals surface area (Å²) >= 11 is 6.54. The minimum Gasteiger partial charge on any atom is -0.364 e. The number of piperidine rings is 1. The lowest BCUT2D eigenvalue weighted by Gasteiger charge is -2.32. The summed E-state index contributed by atoms with van der Waals surface area (Å²) < 4.78 is 18.4. The summed E-state index contributed by atoms with van der Waals surface area (Å²) in [4.78, 5) is 41.8. The van der Waals surface area contributed by atoms with Crippen LogP contribution in [0.4, 0.5) is 10.1 Å². The Hall–Kier alpha value is -2.97. The van der Waals surface area contributed by atoms with Crippen molar-refractivity contribution in [2.75, 3.05) is 45.4 Å². The molecule has 0 aliphatic carbocycles. The highest BCUT2D eigenvalue weighted by Gasteiger charge is 2.38. The summed E-state index contributed by atoms with van der Waals surface area (Å²) in [6.07, 6.45) is 2.52. The van der Waals surface area contributed by atoms with Crippen LogP contribution in [-0.2, 0) is 20.7 Å². The average Bonchev–Trinajstić information content (AvgIpc) is 3.21. The van der Waals surface area contributed by atoms with Crippen molar-refractivity contribution in [2.45, 2.75) is 25.2 Å². The van der Waals surface area contributed by atoms with Crippen molar-refractivity contribution in [1.82, 2.24) is 10.2 Å². The van der Waals surface area contributed by atoms with E-state index < -0.39 is 17.6 Å². The predicted octanol–water partition coefficient (Wildman–Crippen LogP) is 3.40. The molecule has 35 heavy (non-hydrogen) atoms. The molecule has 0 spiro atoms. The summed E-state index contributed by atoms with van der Waals surface area (Å²) in [6, 6.07) is 9.90. The number of carbonyl (C=O) groups excluding carboxylic acids is 3. The number of likely N-dealkylation sites (N-methyl/N-ethyl adjacent to an activating group) is 1. The third-order valence-electron chi connectivity index (χ3n) is 6.86. The van der Waals surface area contributed by atoms with Crippen LogP contribution in [-0.4, -0.2) is 63.0 Å². The minimum atomic E-state index is -0.703. The Kier molecular flexibility index (Phi) is 7.72. The zero-order chi connectivity index (χ0) is 25.1. The van der Waals surface area contributed by atoms with Gasteiger partial charge in [0.15, 0.2) is 0 Å². The van der Waals surface area contributed by atoms with Crippen molar-refractivity contribution >= 4 is 34.9 Å². The molecule has 1 atom stereocenters. The van der Waals surface area contributed by atoms with Crippen molar-refractivity contribution < 1.29 is 23.5 Å². The summed E-state index contributed by atoms with van der Waals surface area (Å²) in [5.74, 6) is -1.96. The molecule has 2 aromatic carbocycles. The molecular weight excluding hydrogens is 473 g/mol. The van der Waals surface area contributed by atoms with Gasteiger partial charge in [-0.1, -0.05) is 23.7 Å². The standard InChI is InChI=1S/C26H29ClFN3O4/c1-29-25(33)24(32)21-14-31(15-35-2)23-13-22(27)20(12-19(21)23)26(34)30-9-7-17(8-10-30)11-16-3-5-18(28)6-4-16/h3-6,12-13,17,21H,7-11,14-15H2,1-2H3,(H,29,33). The number of fused-ring (bicyclic) bond motifs is 1. The Morgan fingerprint density at radius 2 is 1.83 bits per heavy atom. The summed E-state index contributed by atoms with van der Waals surface area (Å²) in [5.41, 5.74) is 2.71. The monoisotopic (exact) mass is 501 g/mol. The summed E-state index contributed by atoms with van der Waals surface area (Å²) in [5, 5.41) is 2.69. The molecule has 2 heterocycles. The third kappa shape index (κ3) is 5.33. The van der Waals surface area contributed by atoms with Gasteiger partial charge >= 0.3 is 0 Å². The smallest absolute Gasteiger partial charge is 0.287 e. The van der Waals surface area contributed by atoms with Gasteiger partial charge in [0.25, 0.3) is 11.8 Å². The summed E-state index contributed by atoms with van der Waals surface area (Å²) in [6.45, 7) is 1.69. The van der Waals surface area contributed by atoms with Crippen LogP contribution < -0.4 is 10.2 Å². The molecule has 0 saturated carbocycles. The van der Waals surface area contributed by atoms with E-state index in [4.69, 9.17) is 16.3 Å². The summed E-state index contributed by atoms with van der Waals surface area (Å²) in [7, 11) is 2.96. The molecule has 1 N–H and O–H groups in total. The predicted molar refractivity (Wildman–Crippen MR) is 131 cm³/mol. The van der Waals surface area contributed by atoms with E-state index in [1.165, 1.54) is 19.2 Å². The van der Waals surface area contributed by atoms with Gasteiger partial charge in [-0.15, -0.1) is 0 Å². The molecule has 7 nitrogen and oxygen atoms in total. The lowest BCUT2D eigenvalue weighted by atomic mass is 9.89. The van der Waals surface area contributed by atoms with Gasteiger partial charge in [0.05, 0.1) is 16.5 Å². The molecule has 2 amide bonds. The normalized spacial score (nSPS) is 17.9. The second-order valence-corrected chi connectivity index (χ2v) is 9.50. The van der Waals surface area contributed by atoms with E-state index in [2.05, 4.69) is 5.32 Å². The highest BCUT2D eigenvalue weighted by Crippen LogP contribution is 2.40. The molecule has 2 aromatic rings. The van der Waals surface area contributed by atoms with E-state index >= 15 is 0 Å². The van der Waals surface area contributed by atoms with Gasteiger partial charge in [0.1, 0.15) is 12.5 Å².